The number of carbonyl (C=O) groups is 1. The molecule has 3 rings (SSSR count). The summed E-state index contributed by atoms with van der Waals surface area (Å²) in [5.74, 6) is -0.608. The first kappa shape index (κ1) is 15.8. The molecule has 5 heteroatoms. The Morgan fingerprint density at radius 2 is 1.78 bits per heavy atom. The molecule has 2 aromatic carbocycles. The molecular formula is C18H17F3O2. The van der Waals surface area contributed by atoms with Crippen molar-refractivity contribution < 1.29 is 22.7 Å². The number of carbonyl (C=O) groups excluding carboxylic acids is 1. The van der Waals surface area contributed by atoms with Crippen LogP contribution in [0.3, 0.4) is 0 Å². The molecule has 2 nitrogen and oxygen atoms in total. The van der Waals surface area contributed by atoms with Crippen LogP contribution in [0, 0.1) is 5.92 Å². The number of rotatable bonds is 3. The first-order chi connectivity index (χ1) is 11.0. The summed E-state index contributed by atoms with van der Waals surface area (Å²) in [7, 11) is 0. The first-order valence-corrected chi connectivity index (χ1v) is 7.68. The lowest BCUT2D eigenvalue weighted by atomic mass is 9.87. The van der Waals surface area contributed by atoms with Gasteiger partial charge in [-0.25, -0.2) is 0 Å². The standard InChI is InChI=1S/C18H17F3O2/c19-18(20,21)14-5-8-15(9-6-14)23-16-7-4-12-2-1-3-13(11-22)17(12)10-16/h1-4,7,10-11,14-15H,5-6,8-9H2. The van der Waals surface area contributed by atoms with Crippen LogP contribution in [0.4, 0.5) is 13.2 Å². The molecule has 0 radical (unpaired) electrons. The highest BCUT2D eigenvalue weighted by molar-refractivity contribution is 5.98. The van der Waals surface area contributed by atoms with Crippen LogP contribution in [0.5, 0.6) is 5.75 Å². The number of hydrogen-bond acceptors (Lipinski definition) is 2. The Morgan fingerprint density at radius 1 is 1.04 bits per heavy atom. The summed E-state index contributed by atoms with van der Waals surface area (Å²) in [6.45, 7) is 0. The third kappa shape index (κ3) is 3.49. The van der Waals surface area contributed by atoms with Crippen LogP contribution in [-0.2, 0) is 0 Å². The average Bonchev–Trinajstić information content (AvgIpc) is 2.54. The number of halogens is 3. The van der Waals surface area contributed by atoms with Gasteiger partial charge in [-0.2, -0.15) is 13.2 Å². The van der Waals surface area contributed by atoms with E-state index < -0.39 is 12.1 Å². The Morgan fingerprint density at radius 3 is 2.43 bits per heavy atom. The number of hydrogen-bond donors (Lipinski definition) is 0. The molecule has 0 spiro atoms. The lowest BCUT2D eigenvalue weighted by Crippen LogP contribution is -2.31. The second-order valence-corrected chi connectivity index (χ2v) is 5.98. The number of aldehydes is 1. The second-order valence-electron chi connectivity index (χ2n) is 5.98. The zero-order chi connectivity index (χ0) is 16.4. The number of ether oxygens (including phenoxy) is 1. The van der Waals surface area contributed by atoms with Crippen molar-refractivity contribution in [3.05, 3.63) is 42.0 Å². The highest BCUT2D eigenvalue weighted by atomic mass is 19.4. The van der Waals surface area contributed by atoms with Crippen molar-refractivity contribution in [1.29, 1.82) is 0 Å². The first-order valence-electron chi connectivity index (χ1n) is 7.68. The molecule has 0 bridgehead atoms. The van der Waals surface area contributed by atoms with E-state index in [9.17, 15) is 18.0 Å². The largest absolute Gasteiger partial charge is 0.490 e. The quantitative estimate of drug-likeness (QED) is 0.730. The van der Waals surface area contributed by atoms with Gasteiger partial charge < -0.3 is 4.74 Å². The summed E-state index contributed by atoms with van der Waals surface area (Å²) < 4.78 is 43.9. The molecule has 0 atom stereocenters. The summed E-state index contributed by atoms with van der Waals surface area (Å²) in [4.78, 5) is 11.1. The van der Waals surface area contributed by atoms with Gasteiger partial charge >= 0.3 is 6.18 Å². The molecule has 1 saturated carbocycles. The van der Waals surface area contributed by atoms with Crippen molar-refractivity contribution in [2.75, 3.05) is 0 Å². The highest BCUT2D eigenvalue weighted by Crippen LogP contribution is 2.38. The van der Waals surface area contributed by atoms with Crippen molar-refractivity contribution in [2.24, 2.45) is 5.92 Å². The lowest BCUT2D eigenvalue weighted by molar-refractivity contribution is -0.185. The molecule has 0 amide bonds. The molecule has 122 valence electrons. The normalized spacial score (nSPS) is 22.0. The number of fused-ring (bicyclic) bond motifs is 1. The van der Waals surface area contributed by atoms with E-state index in [2.05, 4.69) is 0 Å². The highest BCUT2D eigenvalue weighted by Gasteiger charge is 2.41. The van der Waals surface area contributed by atoms with E-state index in [-0.39, 0.29) is 18.9 Å². The molecule has 0 heterocycles. The third-order valence-electron chi connectivity index (χ3n) is 4.45. The second kappa shape index (κ2) is 6.22. The van der Waals surface area contributed by atoms with Crippen molar-refractivity contribution in [3.8, 4) is 5.75 Å². The smallest absolute Gasteiger partial charge is 0.391 e. The predicted molar refractivity (Wildman–Crippen MR) is 81.8 cm³/mol. The Balaban J connectivity index is 1.72. The number of alkyl halides is 3. The van der Waals surface area contributed by atoms with Gasteiger partial charge in [0.15, 0.2) is 6.29 Å². The van der Waals surface area contributed by atoms with E-state index in [1.807, 2.05) is 18.2 Å². The summed E-state index contributed by atoms with van der Waals surface area (Å²) >= 11 is 0. The monoisotopic (exact) mass is 322 g/mol. The Kier molecular flexibility index (Phi) is 4.28. The maximum absolute atomic E-state index is 12.7. The van der Waals surface area contributed by atoms with E-state index in [0.29, 0.717) is 24.2 Å². The Labute approximate surface area is 132 Å². The molecule has 0 saturated heterocycles. The van der Waals surface area contributed by atoms with E-state index in [1.165, 1.54) is 0 Å². The molecule has 0 aromatic heterocycles. The Hall–Kier alpha value is -2.04. The van der Waals surface area contributed by atoms with Crippen LogP contribution in [0.1, 0.15) is 36.0 Å². The van der Waals surface area contributed by atoms with E-state index in [4.69, 9.17) is 4.74 Å². The fraction of sp³-hybridized carbons (Fsp3) is 0.389. The zero-order valence-electron chi connectivity index (χ0n) is 12.5. The van der Waals surface area contributed by atoms with Gasteiger partial charge in [-0.05, 0) is 48.6 Å². The Bertz CT molecular complexity index is 701. The maximum atomic E-state index is 12.7. The molecule has 0 N–H and O–H groups in total. The molecule has 0 aliphatic heterocycles. The van der Waals surface area contributed by atoms with Gasteiger partial charge in [-0.15, -0.1) is 0 Å². The minimum Gasteiger partial charge on any atom is -0.490 e. The summed E-state index contributed by atoms with van der Waals surface area (Å²) in [6.07, 6.45) is -2.49. The minimum absolute atomic E-state index is 0.112. The van der Waals surface area contributed by atoms with Crippen molar-refractivity contribution in [1.82, 2.24) is 0 Å². The summed E-state index contributed by atoms with van der Waals surface area (Å²) in [5.41, 5.74) is 0.578. The van der Waals surface area contributed by atoms with Gasteiger partial charge in [-0.1, -0.05) is 24.3 Å². The summed E-state index contributed by atoms with van der Waals surface area (Å²) in [6, 6.07) is 10.9. The van der Waals surface area contributed by atoms with Gasteiger partial charge in [0.2, 0.25) is 0 Å². The van der Waals surface area contributed by atoms with E-state index in [0.717, 1.165) is 17.1 Å². The zero-order valence-corrected chi connectivity index (χ0v) is 12.5. The van der Waals surface area contributed by atoms with Crippen LogP contribution in [-0.4, -0.2) is 18.6 Å². The minimum atomic E-state index is -4.10. The van der Waals surface area contributed by atoms with E-state index in [1.54, 1.807) is 18.2 Å². The molecule has 23 heavy (non-hydrogen) atoms. The molecule has 1 aliphatic carbocycles. The van der Waals surface area contributed by atoms with Gasteiger partial charge in [0.1, 0.15) is 5.75 Å². The molecule has 1 fully saturated rings. The van der Waals surface area contributed by atoms with E-state index >= 15 is 0 Å². The predicted octanol–water partition coefficient (Wildman–Crippen LogP) is 5.15. The van der Waals surface area contributed by atoms with Crippen LogP contribution in [0.15, 0.2) is 36.4 Å². The van der Waals surface area contributed by atoms with Crippen molar-refractivity contribution >= 4 is 17.1 Å². The van der Waals surface area contributed by atoms with Gasteiger partial charge in [0.05, 0.1) is 12.0 Å². The lowest BCUT2D eigenvalue weighted by Gasteiger charge is -2.30. The maximum Gasteiger partial charge on any atom is 0.391 e. The third-order valence-corrected chi connectivity index (χ3v) is 4.45. The summed E-state index contributed by atoms with van der Waals surface area (Å²) in [5, 5.41) is 1.73. The van der Waals surface area contributed by atoms with Gasteiger partial charge in [-0.3, -0.25) is 4.79 Å². The van der Waals surface area contributed by atoms with Crippen LogP contribution < -0.4 is 4.74 Å². The fourth-order valence-corrected chi connectivity index (χ4v) is 3.15. The van der Waals surface area contributed by atoms with Crippen LogP contribution in [0.2, 0.25) is 0 Å². The molecule has 1 aliphatic rings. The van der Waals surface area contributed by atoms with Crippen LogP contribution >= 0.6 is 0 Å². The van der Waals surface area contributed by atoms with Crippen LogP contribution in [0.25, 0.3) is 10.8 Å². The average molecular weight is 322 g/mol. The SMILES string of the molecule is O=Cc1cccc2ccc(OC3CCC(C(F)(F)F)CC3)cc12. The topological polar surface area (TPSA) is 26.3 Å². The van der Waals surface area contributed by atoms with Crippen molar-refractivity contribution in [2.45, 2.75) is 38.0 Å². The molecule has 0 unspecified atom stereocenters. The fourth-order valence-electron chi connectivity index (χ4n) is 3.15. The number of benzene rings is 2. The van der Waals surface area contributed by atoms with Gasteiger partial charge in [0.25, 0.3) is 0 Å². The molecular weight excluding hydrogens is 305 g/mol. The van der Waals surface area contributed by atoms with Crippen molar-refractivity contribution in [3.63, 3.8) is 0 Å². The van der Waals surface area contributed by atoms with Gasteiger partial charge in [0, 0.05) is 5.56 Å². The molecule has 2 aromatic rings.